The molecule has 0 saturated heterocycles. The zero-order valence-corrected chi connectivity index (χ0v) is 13.3. The van der Waals surface area contributed by atoms with Crippen molar-refractivity contribution in [2.24, 2.45) is 0 Å². The molecule has 3 atom stereocenters. The van der Waals surface area contributed by atoms with Crippen LogP contribution < -0.4 is 5.32 Å². The summed E-state index contributed by atoms with van der Waals surface area (Å²) in [4.78, 5) is 0.637. The van der Waals surface area contributed by atoms with Crippen molar-refractivity contribution in [1.29, 1.82) is 0 Å². The van der Waals surface area contributed by atoms with Gasteiger partial charge in [0.05, 0.1) is 15.8 Å². The van der Waals surface area contributed by atoms with Gasteiger partial charge in [-0.3, -0.25) is 4.21 Å². The van der Waals surface area contributed by atoms with Crippen molar-refractivity contribution in [3.63, 3.8) is 0 Å². The Labute approximate surface area is 127 Å². The van der Waals surface area contributed by atoms with Gasteiger partial charge in [0.15, 0.2) is 0 Å². The van der Waals surface area contributed by atoms with Crippen molar-refractivity contribution in [3.05, 3.63) is 29.0 Å². The van der Waals surface area contributed by atoms with Crippen LogP contribution in [0, 0.1) is 5.82 Å². The standard InChI is InChI=1S/C15H21ClFNOS/c1-2-8-18-11-4-3-5-12(9-11)20(19)13-6-7-15(17)14(16)10-13/h6-7,10-12,18H,2-5,8-9H2,1H3. The summed E-state index contributed by atoms with van der Waals surface area (Å²) in [6.45, 7) is 3.15. The van der Waals surface area contributed by atoms with E-state index in [0.717, 1.165) is 38.6 Å². The van der Waals surface area contributed by atoms with Gasteiger partial charge in [0, 0.05) is 16.2 Å². The number of halogens is 2. The number of hydrogen-bond donors (Lipinski definition) is 1. The summed E-state index contributed by atoms with van der Waals surface area (Å²) in [5.74, 6) is -0.460. The summed E-state index contributed by atoms with van der Waals surface area (Å²) in [6.07, 6.45) is 5.23. The fourth-order valence-corrected chi connectivity index (χ4v) is 4.52. The molecular weight excluding hydrogens is 297 g/mol. The van der Waals surface area contributed by atoms with E-state index in [1.54, 1.807) is 6.07 Å². The predicted molar refractivity (Wildman–Crippen MR) is 82.2 cm³/mol. The van der Waals surface area contributed by atoms with Gasteiger partial charge in [0.25, 0.3) is 0 Å². The van der Waals surface area contributed by atoms with Gasteiger partial charge >= 0.3 is 0 Å². The van der Waals surface area contributed by atoms with Crippen LogP contribution in [-0.4, -0.2) is 22.0 Å². The molecule has 2 nitrogen and oxygen atoms in total. The van der Waals surface area contributed by atoms with Gasteiger partial charge in [-0.1, -0.05) is 24.9 Å². The van der Waals surface area contributed by atoms with Crippen molar-refractivity contribution in [2.75, 3.05) is 6.54 Å². The van der Waals surface area contributed by atoms with E-state index in [1.807, 2.05) is 0 Å². The fraction of sp³-hybridized carbons (Fsp3) is 0.600. The van der Waals surface area contributed by atoms with Crippen LogP contribution in [0.2, 0.25) is 5.02 Å². The molecule has 1 aromatic rings. The molecule has 0 radical (unpaired) electrons. The minimum Gasteiger partial charge on any atom is -0.314 e. The molecule has 5 heteroatoms. The third-order valence-corrected chi connectivity index (χ3v) is 5.78. The highest BCUT2D eigenvalue weighted by Crippen LogP contribution is 2.28. The Morgan fingerprint density at radius 2 is 2.25 bits per heavy atom. The van der Waals surface area contributed by atoms with Gasteiger partial charge in [-0.05, 0) is 50.4 Å². The van der Waals surface area contributed by atoms with Gasteiger partial charge in [-0.25, -0.2) is 4.39 Å². The van der Waals surface area contributed by atoms with Gasteiger partial charge in [0.1, 0.15) is 5.82 Å². The average Bonchev–Trinajstić information content (AvgIpc) is 2.47. The predicted octanol–water partition coefficient (Wildman–Crippen LogP) is 3.90. The van der Waals surface area contributed by atoms with E-state index in [4.69, 9.17) is 11.6 Å². The normalized spacial score (nSPS) is 24.6. The molecule has 0 aromatic heterocycles. The number of nitrogens with one attached hydrogen (secondary N) is 1. The molecule has 0 bridgehead atoms. The molecule has 1 fully saturated rings. The molecule has 0 heterocycles. The molecule has 0 aliphatic heterocycles. The smallest absolute Gasteiger partial charge is 0.141 e. The molecule has 0 amide bonds. The quantitative estimate of drug-likeness (QED) is 0.892. The van der Waals surface area contributed by atoms with Crippen molar-refractivity contribution in [1.82, 2.24) is 5.32 Å². The molecule has 1 aromatic carbocycles. The van der Waals surface area contributed by atoms with E-state index in [0.29, 0.717) is 10.9 Å². The highest BCUT2D eigenvalue weighted by atomic mass is 35.5. The topological polar surface area (TPSA) is 29.1 Å². The molecule has 0 spiro atoms. The van der Waals surface area contributed by atoms with Crippen molar-refractivity contribution in [3.8, 4) is 0 Å². The van der Waals surface area contributed by atoms with Gasteiger partial charge < -0.3 is 5.32 Å². The minimum atomic E-state index is -1.11. The lowest BCUT2D eigenvalue weighted by atomic mass is 9.95. The lowest BCUT2D eigenvalue weighted by molar-refractivity contribution is 0.378. The molecule has 20 heavy (non-hydrogen) atoms. The molecule has 1 aliphatic carbocycles. The summed E-state index contributed by atoms with van der Waals surface area (Å²) < 4.78 is 25.7. The highest BCUT2D eigenvalue weighted by molar-refractivity contribution is 7.85. The van der Waals surface area contributed by atoms with Gasteiger partial charge in [-0.2, -0.15) is 0 Å². The molecule has 112 valence electrons. The molecule has 3 unspecified atom stereocenters. The van der Waals surface area contributed by atoms with Crippen LogP contribution in [0.4, 0.5) is 4.39 Å². The number of rotatable bonds is 5. The fourth-order valence-electron chi connectivity index (χ4n) is 2.67. The van der Waals surface area contributed by atoms with Crippen LogP contribution >= 0.6 is 11.6 Å². The maximum atomic E-state index is 13.2. The zero-order valence-electron chi connectivity index (χ0n) is 11.7. The summed E-state index contributed by atoms with van der Waals surface area (Å²) >= 11 is 5.77. The first-order valence-corrected chi connectivity index (χ1v) is 8.80. The highest BCUT2D eigenvalue weighted by Gasteiger charge is 2.27. The number of benzene rings is 1. The summed E-state index contributed by atoms with van der Waals surface area (Å²) in [6, 6.07) is 4.83. The molecule has 1 aliphatic rings. The third kappa shape index (κ3) is 4.03. The Kier molecular flexibility index (Phi) is 6.00. The van der Waals surface area contributed by atoms with Crippen LogP contribution in [-0.2, 0) is 10.8 Å². The van der Waals surface area contributed by atoms with E-state index in [1.165, 1.54) is 12.1 Å². The maximum Gasteiger partial charge on any atom is 0.141 e. The van der Waals surface area contributed by atoms with E-state index in [2.05, 4.69) is 12.2 Å². The van der Waals surface area contributed by atoms with E-state index in [9.17, 15) is 8.60 Å². The number of hydrogen-bond acceptors (Lipinski definition) is 2. The third-order valence-electron chi connectivity index (χ3n) is 3.74. The SMILES string of the molecule is CCCNC1CCCC(S(=O)c2ccc(F)c(Cl)c2)C1. The lowest BCUT2D eigenvalue weighted by Crippen LogP contribution is -2.37. The minimum absolute atomic E-state index is 0.0484. The first-order valence-electron chi connectivity index (χ1n) is 7.20. The molecule has 1 N–H and O–H groups in total. The van der Waals surface area contributed by atoms with E-state index >= 15 is 0 Å². The summed E-state index contributed by atoms with van der Waals surface area (Å²) in [5, 5.41) is 3.69. The van der Waals surface area contributed by atoms with E-state index in [-0.39, 0.29) is 10.3 Å². The molecule has 2 rings (SSSR count). The van der Waals surface area contributed by atoms with Gasteiger partial charge in [0.2, 0.25) is 0 Å². The van der Waals surface area contributed by atoms with Crippen LogP contribution in [0.1, 0.15) is 39.0 Å². The monoisotopic (exact) mass is 317 g/mol. The Morgan fingerprint density at radius 1 is 1.45 bits per heavy atom. The largest absolute Gasteiger partial charge is 0.314 e. The van der Waals surface area contributed by atoms with E-state index < -0.39 is 16.6 Å². The summed E-state index contributed by atoms with van der Waals surface area (Å²) in [7, 11) is -1.11. The molecule has 1 saturated carbocycles. The maximum absolute atomic E-state index is 13.2. The Hall–Kier alpha value is -0.450. The van der Waals surface area contributed by atoms with Crippen LogP contribution in [0.5, 0.6) is 0 Å². The Bertz CT molecular complexity index is 483. The van der Waals surface area contributed by atoms with Gasteiger partial charge in [-0.15, -0.1) is 0 Å². The van der Waals surface area contributed by atoms with Crippen molar-refractivity contribution >= 4 is 22.4 Å². The molecular formula is C15H21ClFNOS. The summed E-state index contributed by atoms with van der Waals surface area (Å²) in [5.41, 5.74) is 0. The van der Waals surface area contributed by atoms with Crippen LogP contribution in [0.25, 0.3) is 0 Å². The zero-order chi connectivity index (χ0) is 14.5. The first-order chi connectivity index (χ1) is 9.61. The lowest BCUT2D eigenvalue weighted by Gasteiger charge is -2.29. The van der Waals surface area contributed by atoms with Crippen LogP contribution in [0.15, 0.2) is 23.1 Å². The second kappa shape index (κ2) is 7.53. The Balaban J connectivity index is 2.02. The average molecular weight is 318 g/mol. The second-order valence-electron chi connectivity index (χ2n) is 5.31. The van der Waals surface area contributed by atoms with Crippen molar-refractivity contribution < 1.29 is 8.60 Å². The van der Waals surface area contributed by atoms with Crippen LogP contribution in [0.3, 0.4) is 0 Å². The Morgan fingerprint density at radius 3 is 2.95 bits per heavy atom. The first kappa shape index (κ1) is 15.9. The second-order valence-corrected chi connectivity index (χ2v) is 7.45. The van der Waals surface area contributed by atoms with Crippen molar-refractivity contribution in [2.45, 2.75) is 55.2 Å².